The highest BCUT2D eigenvalue weighted by Crippen LogP contribution is 2.26. The lowest BCUT2D eigenvalue weighted by Gasteiger charge is -2.07. The SMILES string of the molecule is O=C(O)c1ccc(NCc2ccccc2)c([N+](=O)[O-])c1. The van der Waals surface area contributed by atoms with Crippen molar-refractivity contribution in [2.24, 2.45) is 0 Å². The Morgan fingerprint density at radius 2 is 1.90 bits per heavy atom. The number of hydrogen-bond acceptors (Lipinski definition) is 4. The number of benzene rings is 2. The van der Waals surface area contributed by atoms with Gasteiger partial charge < -0.3 is 10.4 Å². The summed E-state index contributed by atoms with van der Waals surface area (Å²) in [6.07, 6.45) is 0. The molecule has 0 unspecified atom stereocenters. The molecule has 0 spiro atoms. The Bertz CT molecular complexity index is 641. The Morgan fingerprint density at radius 1 is 1.20 bits per heavy atom. The second-order valence-corrected chi connectivity index (χ2v) is 4.13. The van der Waals surface area contributed by atoms with Crippen molar-refractivity contribution in [2.45, 2.75) is 6.54 Å². The van der Waals surface area contributed by atoms with Gasteiger partial charge in [-0.25, -0.2) is 4.79 Å². The third-order valence-electron chi connectivity index (χ3n) is 2.77. The Kier molecular flexibility index (Phi) is 3.95. The molecule has 2 rings (SSSR count). The minimum absolute atomic E-state index is 0.109. The zero-order chi connectivity index (χ0) is 14.5. The van der Waals surface area contributed by atoms with Gasteiger partial charge in [-0.05, 0) is 17.7 Å². The van der Waals surface area contributed by atoms with Crippen molar-refractivity contribution in [2.75, 3.05) is 5.32 Å². The summed E-state index contributed by atoms with van der Waals surface area (Å²) < 4.78 is 0. The maximum atomic E-state index is 11.0. The highest BCUT2D eigenvalue weighted by atomic mass is 16.6. The lowest BCUT2D eigenvalue weighted by Crippen LogP contribution is -2.04. The van der Waals surface area contributed by atoms with E-state index in [9.17, 15) is 14.9 Å². The summed E-state index contributed by atoms with van der Waals surface area (Å²) in [6, 6.07) is 13.2. The van der Waals surface area contributed by atoms with Crippen molar-refractivity contribution in [3.8, 4) is 0 Å². The fraction of sp³-hybridized carbons (Fsp3) is 0.0714. The number of carboxylic acids is 1. The van der Waals surface area contributed by atoms with Gasteiger partial charge in [-0.2, -0.15) is 0 Å². The molecule has 0 amide bonds. The van der Waals surface area contributed by atoms with Gasteiger partial charge in [0.25, 0.3) is 5.69 Å². The largest absolute Gasteiger partial charge is 0.478 e. The van der Waals surface area contributed by atoms with Crippen LogP contribution in [0.1, 0.15) is 15.9 Å². The highest BCUT2D eigenvalue weighted by Gasteiger charge is 2.16. The number of nitro benzene ring substituents is 1. The summed E-state index contributed by atoms with van der Waals surface area (Å²) in [7, 11) is 0. The number of carbonyl (C=O) groups is 1. The average Bonchev–Trinajstić information content (AvgIpc) is 2.45. The van der Waals surface area contributed by atoms with Gasteiger partial charge in [0.2, 0.25) is 0 Å². The van der Waals surface area contributed by atoms with E-state index in [0.717, 1.165) is 11.6 Å². The molecule has 0 fully saturated rings. The quantitative estimate of drug-likeness (QED) is 0.644. The van der Waals surface area contributed by atoms with Gasteiger partial charge in [-0.1, -0.05) is 30.3 Å². The predicted octanol–water partition coefficient (Wildman–Crippen LogP) is 2.91. The van der Waals surface area contributed by atoms with E-state index in [1.807, 2.05) is 30.3 Å². The van der Waals surface area contributed by atoms with Crippen LogP contribution in [0.4, 0.5) is 11.4 Å². The van der Waals surface area contributed by atoms with Gasteiger partial charge in [-0.3, -0.25) is 10.1 Å². The first kappa shape index (κ1) is 13.5. The molecule has 0 radical (unpaired) electrons. The molecule has 2 N–H and O–H groups in total. The number of anilines is 1. The topological polar surface area (TPSA) is 92.5 Å². The first-order valence-electron chi connectivity index (χ1n) is 5.87. The molecule has 102 valence electrons. The van der Waals surface area contributed by atoms with Crippen LogP contribution >= 0.6 is 0 Å². The number of nitrogens with one attached hydrogen (secondary N) is 1. The van der Waals surface area contributed by atoms with E-state index >= 15 is 0 Å². The van der Waals surface area contributed by atoms with Crippen LogP contribution in [0.25, 0.3) is 0 Å². The second-order valence-electron chi connectivity index (χ2n) is 4.13. The number of hydrogen-bond donors (Lipinski definition) is 2. The minimum atomic E-state index is -1.19. The lowest BCUT2D eigenvalue weighted by molar-refractivity contribution is -0.384. The molecule has 0 aromatic heterocycles. The maximum Gasteiger partial charge on any atom is 0.335 e. The van der Waals surface area contributed by atoms with Crippen molar-refractivity contribution in [3.05, 3.63) is 69.8 Å². The zero-order valence-electron chi connectivity index (χ0n) is 10.4. The van der Waals surface area contributed by atoms with E-state index in [-0.39, 0.29) is 11.3 Å². The monoisotopic (exact) mass is 272 g/mol. The Labute approximate surface area is 114 Å². The van der Waals surface area contributed by atoms with Crippen LogP contribution in [0.15, 0.2) is 48.5 Å². The first-order chi connectivity index (χ1) is 9.58. The second kappa shape index (κ2) is 5.83. The number of nitro groups is 1. The lowest BCUT2D eigenvalue weighted by atomic mass is 10.1. The van der Waals surface area contributed by atoms with Gasteiger partial charge in [0.15, 0.2) is 0 Å². The summed E-state index contributed by atoms with van der Waals surface area (Å²) >= 11 is 0. The van der Waals surface area contributed by atoms with Gasteiger partial charge in [-0.15, -0.1) is 0 Å². The zero-order valence-corrected chi connectivity index (χ0v) is 10.4. The van der Waals surface area contributed by atoms with E-state index in [1.165, 1.54) is 12.1 Å². The predicted molar refractivity (Wildman–Crippen MR) is 73.8 cm³/mol. The van der Waals surface area contributed by atoms with Crippen LogP contribution in [0.2, 0.25) is 0 Å². The van der Waals surface area contributed by atoms with E-state index in [4.69, 9.17) is 5.11 Å². The van der Waals surface area contributed by atoms with Gasteiger partial charge in [0.05, 0.1) is 10.5 Å². The fourth-order valence-corrected chi connectivity index (χ4v) is 1.76. The Hall–Kier alpha value is -2.89. The summed E-state index contributed by atoms with van der Waals surface area (Å²) in [5.41, 5.74) is 0.913. The molecular weight excluding hydrogens is 260 g/mol. The number of carboxylic acid groups (broad SMARTS) is 1. The summed E-state index contributed by atoms with van der Waals surface area (Å²) in [5.74, 6) is -1.19. The van der Waals surface area contributed by atoms with Crippen LogP contribution in [-0.2, 0) is 6.54 Å². The molecule has 2 aromatic carbocycles. The maximum absolute atomic E-state index is 11.0. The normalized spacial score (nSPS) is 10.0. The standard InChI is InChI=1S/C14H12N2O4/c17-14(18)11-6-7-12(13(8-11)16(19)20)15-9-10-4-2-1-3-5-10/h1-8,15H,9H2,(H,17,18). The van der Waals surface area contributed by atoms with Crippen molar-refractivity contribution in [1.82, 2.24) is 0 Å². The number of aromatic carboxylic acids is 1. The molecule has 0 aliphatic carbocycles. The van der Waals surface area contributed by atoms with Crippen molar-refractivity contribution < 1.29 is 14.8 Å². The first-order valence-corrected chi connectivity index (χ1v) is 5.87. The van der Waals surface area contributed by atoms with Gasteiger partial charge >= 0.3 is 5.97 Å². The molecule has 0 heterocycles. The van der Waals surface area contributed by atoms with Crippen LogP contribution in [0.5, 0.6) is 0 Å². The molecule has 0 aliphatic rings. The van der Waals surface area contributed by atoms with Crippen LogP contribution in [0, 0.1) is 10.1 Å². The molecule has 0 saturated heterocycles. The number of rotatable bonds is 5. The highest BCUT2D eigenvalue weighted by molar-refractivity contribution is 5.89. The minimum Gasteiger partial charge on any atom is -0.478 e. The summed E-state index contributed by atoms with van der Waals surface area (Å²) in [4.78, 5) is 21.2. The molecular formula is C14H12N2O4. The Morgan fingerprint density at radius 3 is 2.50 bits per heavy atom. The smallest absolute Gasteiger partial charge is 0.335 e. The number of nitrogens with zero attached hydrogens (tertiary/aromatic N) is 1. The molecule has 0 atom stereocenters. The van der Waals surface area contributed by atoms with Crippen molar-refractivity contribution in [3.63, 3.8) is 0 Å². The summed E-state index contributed by atoms with van der Waals surface area (Å²) in [6.45, 7) is 0.425. The summed E-state index contributed by atoms with van der Waals surface area (Å²) in [5, 5.41) is 22.8. The van der Waals surface area contributed by atoms with Gasteiger partial charge in [0, 0.05) is 12.6 Å². The molecule has 0 aliphatic heterocycles. The van der Waals surface area contributed by atoms with Crippen molar-refractivity contribution in [1.29, 1.82) is 0 Å². The molecule has 0 saturated carbocycles. The van der Waals surface area contributed by atoms with E-state index in [0.29, 0.717) is 12.2 Å². The van der Waals surface area contributed by atoms with Crippen LogP contribution < -0.4 is 5.32 Å². The molecule has 2 aromatic rings. The third-order valence-corrected chi connectivity index (χ3v) is 2.77. The van der Waals surface area contributed by atoms with Crippen molar-refractivity contribution >= 4 is 17.3 Å². The molecule has 6 heteroatoms. The fourth-order valence-electron chi connectivity index (χ4n) is 1.76. The van der Waals surface area contributed by atoms with Crippen LogP contribution in [-0.4, -0.2) is 16.0 Å². The molecule has 6 nitrogen and oxygen atoms in total. The van der Waals surface area contributed by atoms with E-state index in [1.54, 1.807) is 0 Å². The molecule has 0 bridgehead atoms. The Balaban J connectivity index is 2.23. The third kappa shape index (κ3) is 3.11. The van der Waals surface area contributed by atoms with Crippen LogP contribution in [0.3, 0.4) is 0 Å². The molecule has 20 heavy (non-hydrogen) atoms. The van der Waals surface area contributed by atoms with Gasteiger partial charge in [0.1, 0.15) is 5.69 Å². The van der Waals surface area contributed by atoms with E-state index in [2.05, 4.69) is 5.32 Å². The van der Waals surface area contributed by atoms with E-state index < -0.39 is 10.9 Å². The average molecular weight is 272 g/mol.